The number of carboxylic acid groups (broad SMARTS) is 1. The van der Waals surface area contributed by atoms with Crippen molar-refractivity contribution in [2.24, 2.45) is 0 Å². The maximum absolute atomic E-state index is 10.8. The van der Waals surface area contributed by atoms with Crippen LogP contribution in [0.3, 0.4) is 0 Å². The Balaban J connectivity index is 1.95. The fourth-order valence-electron chi connectivity index (χ4n) is 2.64. The van der Waals surface area contributed by atoms with Gasteiger partial charge < -0.3 is 15.3 Å². The summed E-state index contributed by atoms with van der Waals surface area (Å²) < 4.78 is 0. The Kier molecular flexibility index (Phi) is 6.48. The zero-order chi connectivity index (χ0) is 16.5. The molecule has 4 nitrogen and oxygen atoms in total. The Morgan fingerprint density at radius 2 is 1.91 bits per heavy atom. The Labute approximate surface area is 137 Å². The third-order valence-electron chi connectivity index (χ3n) is 3.85. The van der Waals surface area contributed by atoms with Crippen molar-refractivity contribution in [3.05, 3.63) is 66.4 Å². The number of carbonyl (C=O) groups is 1. The predicted octanol–water partition coefficient (Wildman–Crippen LogP) is 3.48. The predicted molar refractivity (Wildman–Crippen MR) is 94.4 cm³/mol. The highest BCUT2D eigenvalue weighted by Gasteiger charge is 2.10. The van der Waals surface area contributed by atoms with E-state index in [1.54, 1.807) is 18.2 Å². The van der Waals surface area contributed by atoms with Crippen LogP contribution in [0.5, 0.6) is 0 Å². The summed E-state index contributed by atoms with van der Waals surface area (Å²) in [7, 11) is 0. The molecule has 1 saturated heterocycles. The molecule has 1 heterocycles. The van der Waals surface area contributed by atoms with Crippen LogP contribution in [-0.2, 0) is 11.3 Å². The van der Waals surface area contributed by atoms with Gasteiger partial charge in [0.2, 0.25) is 0 Å². The minimum Gasteiger partial charge on any atom is -0.478 e. The first-order chi connectivity index (χ1) is 11.2. The van der Waals surface area contributed by atoms with Crippen LogP contribution in [0.2, 0.25) is 0 Å². The Morgan fingerprint density at radius 1 is 1.22 bits per heavy atom. The van der Waals surface area contributed by atoms with Crippen molar-refractivity contribution < 1.29 is 9.90 Å². The lowest BCUT2D eigenvalue weighted by molar-refractivity contribution is -0.131. The van der Waals surface area contributed by atoms with Crippen LogP contribution in [0.4, 0.5) is 5.69 Å². The maximum atomic E-state index is 10.8. The van der Waals surface area contributed by atoms with Gasteiger partial charge in [0.1, 0.15) is 0 Å². The number of aliphatic carboxylic acids is 1. The van der Waals surface area contributed by atoms with Gasteiger partial charge in [0, 0.05) is 37.1 Å². The first kappa shape index (κ1) is 16.9. The SMILES string of the molecule is C=C/C=C\C(=C\C(=O)O)NCc1ccc(N2CCCCC2)cc1. The van der Waals surface area contributed by atoms with E-state index in [0.29, 0.717) is 12.2 Å². The molecule has 0 radical (unpaired) electrons. The molecule has 4 heteroatoms. The molecule has 0 spiro atoms. The second-order valence-electron chi connectivity index (χ2n) is 5.60. The molecule has 1 aliphatic rings. The van der Waals surface area contributed by atoms with E-state index >= 15 is 0 Å². The van der Waals surface area contributed by atoms with E-state index in [-0.39, 0.29) is 0 Å². The first-order valence-electron chi connectivity index (χ1n) is 8.00. The number of allylic oxidation sites excluding steroid dienone is 3. The highest BCUT2D eigenvalue weighted by Crippen LogP contribution is 2.20. The number of rotatable bonds is 7. The molecule has 0 amide bonds. The molecule has 1 aliphatic heterocycles. The second-order valence-corrected chi connectivity index (χ2v) is 5.60. The summed E-state index contributed by atoms with van der Waals surface area (Å²) in [5, 5.41) is 12.0. The van der Waals surface area contributed by atoms with Gasteiger partial charge >= 0.3 is 5.97 Å². The van der Waals surface area contributed by atoms with Crippen molar-refractivity contribution >= 4 is 11.7 Å². The van der Waals surface area contributed by atoms with Crippen molar-refractivity contribution in [1.29, 1.82) is 0 Å². The molecule has 0 saturated carbocycles. The molecule has 0 atom stereocenters. The smallest absolute Gasteiger partial charge is 0.330 e. The van der Waals surface area contributed by atoms with Crippen LogP contribution in [0.1, 0.15) is 24.8 Å². The Bertz CT molecular complexity index is 582. The summed E-state index contributed by atoms with van der Waals surface area (Å²) >= 11 is 0. The molecule has 0 unspecified atom stereocenters. The Hall–Kier alpha value is -2.49. The van der Waals surface area contributed by atoms with Gasteiger partial charge in [-0.3, -0.25) is 0 Å². The largest absolute Gasteiger partial charge is 0.478 e. The minimum absolute atomic E-state index is 0.553. The summed E-state index contributed by atoms with van der Waals surface area (Å²) in [6.45, 7) is 6.44. The van der Waals surface area contributed by atoms with Gasteiger partial charge in [-0.1, -0.05) is 30.9 Å². The topological polar surface area (TPSA) is 52.6 Å². The van der Waals surface area contributed by atoms with Crippen LogP contribution in [0.15, 0.2) is 60.8 Å². The van der Waals surface area contributed by atoms with Gasteiger partial charge in [-0.15, -0.1) is 0 Å². The van der Waals surface area contributed by atoms with Crippen molar-refractivity contribution in [2.45, 2.75) is 25.8 Å². The molecular formula is C19H24N2O2. The molecular weight excluding hydrogens is 288 g/mol. The van der Waals surface area contributed by atoms with Crippen LogP contribution in [0, 0.1) is 0 Å². The number of piperidine rings is 1. The zero-order valence-corrected chi connectivity index (χ0v) is 13.4. The van der Waals surface area contributed by atoms with Gasteiger partial charge in [0.15, 0.2) is 0 Å². The standard InChI is InChI=1S/C19H24N2O2/c1-2-3-7-17(14-19(22)23)20-15-16-8-10-18(11-9-16)21-12-5-4-6-13-21/h2-3,7-11,14,20H,1,4-6,12-13,15H2,(H,22,23)/b7-3-,17-14-. The van der Waals surface area contributed by atoms with Gasteiger partial charge in [-0.25, -0.2) is 4.79 Å². The quantitative estimate of drug-likeness (QED) is 0.598. The summed E-state index contributed by atoms with van der Waals surface area (Å²) in [6.07, 6.45) is 10.0. The fraction of sp³-hybridized carbons (Fsp3) is 0.316. The van der Waals surface area contributed by atoms with Crippen LogP contribution in [0.25, 0.3) is 0 Å². The Morgan fingerprint density at radius 3 is 2.52 bits per heavy atom. The van der Waals surface area contributed by atoms with Gasteiger partial charge in [0.05, 0.1) is 0 Å². The minimum atomic E-state index is -0.971. The number of nitrogens with one attached hydrogen (secondary N) is 1. The molecule has 2 rings (SSSR count). The average molecular weight is 312 g/mol. The molecule has 1 aromatic rings. The van der Waals surface area contributed by atoms with E-state index in [1.165, 1.54) is 24.9 Å². The molecule has 0 bridgehead atoms. The highest BCUT2D eigenvalue weighted by atomic mass is 16.4. The van der Waals surface area contributed by atoms with E-state index in [9.17, 15) is 4.79 Å². The van der Waals surface area contributed by atoms with E-state index in [0.717, 1.165) is 24.7 Å². The lowest BCUT2D eigenvalue weighted by Gasteiger charge is -2.28. The maximum Gasteiger partial charge on any atom is 0.330 e. The number of benzene rings is 1. The van der Waals surface area contributed by atoms with Crippen molar-refractivity contribution in [3.63, 3.8) is 0 Å². The highest BCUT2D eigenvalue weighted by molar-refractivity contribution is 5.81. The number of hydrogen-bond acceptors (Lipinski definition) is 3. The number of anilines is 1. The van der Waals surface area contributed by atoms with Crippen molar-refractivity contribution in [1.82, 2.24) is 5.32 Å². The van der Waals surface area contributed by atoms with Gasteiger partial charge in [0.25, 0.3) is 0 Å². The third kappa shape index (κ3) is 5.66. The summed E-state index contributed by atoms with van der Waals surface area (Å²) in [4.78, 5) is 13.2. The monoisotopic (exact) mass is 312 g/mol. The first-order valence-corrected chi connectivity index (χ1v) is 8.00. The lowest BCUT2D eigenvalue weighted by Crippen LogP contribution is -2.29. The zero-order valence-electron chi connectivity index (χ0n) is 13.4. The van der Waals surface area contributed by atoms with Crippen molar-refractivity contribution in [2.75, 3.05) is 18.0 Å². The third-order valence-corrected chi connectivity index (χ3v) is 3.85. The summed E-state index contributed by atoms with van der Waals surface area (Å²) in [5.74, 6) is -0.971. The molecule has 23 heavy (non-hydrogen) atoms. The summed E-state index contributed by atoms with van der Waals surface area (Å²) in [6, 6.07) is 8.46. The molecule has 0 aromatic heterocycles. The normalized spacial score (nSPS) is 15.7. The van der Waals surface area contributed by atoms with E-state index in [4.69, 9.17) is 5.11 Å². The molecule has 2 N–H and O–H groups in total. The van der Waals surface area contributed by atoms with Gasteiger partial charge in [-0.2, -0.15) is 0 Å². The fourth-order valence-corrected chi connectivity index (χ4v) is 2.64. The average Bonchev–Trinajstić information content (AvgIpc) is 2.58. The molecule has 1 aromatic carbocycles. The molecule has 0 aliphatic carbocycles. The van der Waals surface area contributed by atoms with E-state index in [1.807, 2.05) is 0 Å². The van der Waals surface area contributed by atoms with Crippen LogP contribution >= 0.6 is 0 Å². The molecule has 122 valence electrons. The number of nitrogens with zero attached hydrogens (tertiary/aromatic N) is 1. The lowest BCUT2D eigenvalue weighted by atomic mass is 10.1. The van der Waals surface area contributed by atoms with Crippen molar-refractivity contribution in [3.8, 4) is 0 Å². The summed E-state index contributed by atoms with van der Waals surface area (Å²) in [5.41, 5.74) is 2.94. The number of carboxylic acids is 1. The van der Waals surface area contributed by atoms with E-state index in [2.05, 4.69) is 41.1 Å². The second kappa shape index (κ2) is 8.83. The van der Waals surface area contributed by atoms with Crippen LogP contribution in [-0.4, -0.2) is 24.2 Å². The van der Waals surface area contributed by atoms with E-state index < -0.39 is 5.97 Å². The van der Waals surface area contributed by atoms with Gasteiger partial charge in [-0.05, 0) is 43.0 Å². The molecule has 1 fully saturated rings. The number of hydrogen-bond donors (Lipinski definition) is 2. The van der Waals surface area contributed by atoms with Crippen LogP contribution < -0.4 is 10.2 Å².